The van der Waals surface area contributed by atoms with Crippen molar-refractivity contribution in [3.8, 4) is 0 Å². The average Bonchev–Trinajstić information content (AvgIpc) is 3.24. The molecule has 0 radical (unpaired) electrons. The predicted octanol–water partition coefficient (Wildman–Crippen LogP) is 7.01. The zero-order valence-electron chi connectivity index (χ0n) is 12.9. The zero-order chi connectivity index (χ0) is 16.5. The molecule has 23 heavy (non-hydrogen) atoms. The molecule has 0 aliphatic rings. The Labute approximate surface area is 154 Å². The van der Waals surface area contributed by atoms with Gasteiger partial charge < -0.3 is 0 Å². The Morgan fingerprint density at radius 3 is 1.57 bits per heavy atom. The van der Waals surface area contributed by atoms with E-state index in [1.54, 1.807) is 0 Å². The Kier molecular flexibility index (Phi) is 8.16. The van der Waals surface area contributed by atoms with E-state index in [4.69, 9.17) is 8.51 Å². The molecule has 0 atom stereocenters. The summed E-state index contributed by atoms with van der Waals surface area (Å²) in [6.45, 7) is 1.98. The third-order valence-electron chi connectivity index (χ3n) is 3.31. The van der Waals surface area contributed by atoms with Crippen molar-refractivity contribution in [2.75, 3.05) is 0 Å². The minimum atomic E-state index is -1.42. The topological polar surface area (TPSA) is 0 Å². The van der Waals surface area contributed by atoms with E-state index in [2.05, 4.69) is 97.1 Å². The Balaban J connectivity index is 0.000000132. The van der Waals surface area contributed by atoms with Gasteiger partial charge in [-0.3, -0.25) is 0 Å². The van der Waals surface area contributed by atoms with Gasteiger partial charge >= 0.3 is 49.1 Å². The summed E-state index contributed by atoms with van der Waals surface area (Å²) in [7, 11) is 5.52. The van der Waals surface area contributed by atoms with E-state index < -0.39 is 17.7 Å². The maximum atomic E-state index is 5.52. The van der Waals surface area contributed by atoms with Gasteiger partial charge in [0.1, 0.15) is 0 Å². The Morgan fingerprint density at radius 2 is 1.22 bits per heavy atom. The molecule has 0 nitrogen and oxygen atoms in total. The predicted molar refractivity (Wildman–Crippen MR) is 106 cm³/mol. The number of benzene rings is 2. The van der Waals surface area contributed by atoms with Crippen LogP contribution in [0.15, 0.2) is 84.9 Å². The fraction of sp³-hybridized carbons (Fsp3) is 0.0500. The summed E-state index contributed by atoms with van der Waals surface area (Å²) in [5, 5.41) is 5.32. The van der Waals surface area contributed by atoms with Crippen LogP contribution in [0, 0.1) is 0 Å². The molecule has 4 rings (SSSR count). The van der Waals surface area contributed by atoms with Crippen LogP contribution in [-0.4, -0.2) is 3.71 Å². The van der Waals surface area contributed by atoms with Crippen LogP contribution in [-0.2, 0) is 17.7 Å². The second-order valence-corrected chi connectivity index (χ2v) is 17.9. The molecule has 0 bridgehead atoms. The van der Waals surface area contributed by atoms with Crippen molar-refractivity contribution in [2.45, 2.75) is 6.92 Å². The maximum absolute atomic E-state index is 5.52. The van der Waals surface area contributed by atoms with Crippen molar-refractivity contribution in [1.29, 1.82) is 0 Å². The summed E-state index contributed by atoms with van der Waals surface area (Å²) in [5.74, 6) is 0. The summed E-state index contributed by atoms with van der Waals surface area (Å²) in [6, 6.07) is 29.3. The number of rotatable bonds is 0. The zero-order valence-corrected chi connectivity index (χ0v) is 17.7. The van der Waals surface area contributed by atoms with Gasteiger partial charge in [-0.25, -0.2) is 0 Å². The quantitative estimate of drug-likeness (QED) is 0.245. The van der Waals surface area contributed by atoms with Gasteiger partial charge in [-0.2, -0.15) is 35.0 Å². The van der Waals surface area contributed by atoms with Crippen LogP contribution in [0.3, 0.4) is 0 Å². The van der Waals surface area contributed by atoms with E-state index >= 15 is 0 Å². The van der Waals surface area contributed by atoms with Crippen molar-refractivity contribution in [2.24, 2.45) is 0 Å². The Morgan fingerprint density at radius 1 is 0.826 bits per heavy atom. The number of halogens is 2. The Bertz CT molecular complexity index is 743. The average molecular weight is 465 g/mol. The van der Waals surface area contributed by atoms with E-state index in [1.165, 1.54) is 21.5 Å². The van der Waals surface area contributed by atoms with E-state index in [0.717, 1.165) is 0 Å². The van der Waals surface area contributed by atoms with Crippen LogP contribution in [0.2, 0.25) is 0 Å². The summed E-state index contributed by atoms with van der Waals surface area (Å²) < 4.78 is 2.05. The molecule has 0 unspecified atom stereocenters. The van der Waals surface area contributed by atoms with Crippen LogP contribution in [0.4, 0.5) is 0 Å². The molecule has 4 aromatic rings. The minimum absolute atomic E-state index is 1.33. The summed E-state index contributed by atoms with van der Waals surface area (Å²) in [5.41, 5.74) is 0. The van der Waals surface area contributed by atoms with Gasteiger partial charge in [-0.05, 0) is 0 Å². The van der Waals surface area contributed by atoms with Crippen LogP contribution >= 0.6 is 20.7 Å². The molecule has 0 saturated heterocycles. The number of hydrogen-bond donors (Lipinski definition) is 0. The molecule has 0 spiro atoms. The van der Waals surface area contributed by atoms with E-state index in [-0.39, 0.29) is 0 Å². The molecule has 0 aromatic heterocycles. The van der Waals surface area contributed by atoms with Crippen LogP contribution in [0.5, 0.6) is 0 Å². The monoisotopic (exact) mass is 462 g/mol. The molecule has 118 valence electrons. The van der Waals surface area contributed by atoms with E-state index in [0.29, 0.717) is 0 Å². The second kappa shape index (κ2) is 10.1. The molecule has 4 aromatic carbocycles. The van der Waals surface area contributed by atoms with Gasteiger partial charge in [0, 0.05) is 0 Å². The number of hydrogen-bond acceptors (Lipinski definition) is 0. The smallest absolute Gasteiger partial charge is 0.0809 e. The molecule has 0 amide bonds. The van der Waals surface area contributed by atoms with Gasteiger partial charge in [-0.1, -0.05) is 12.1 Å². The molecule has 0 aliphatic heterocycles. The van der Waals surface area contributed by atoms with Crippen molar-refractivity contribution in [3.63, 3.8) is 0 Å². The Hall–Kier alpha value is -0.817. The summed E-state index contributed by atoms with van der Waals surface area (Å²) >= 11 is 1.86. The molecule has 3 heteroatoms. The molecule has 0 heterocycles. The van der Waals surface area contributed by atoms with Gasteiger partial charge in [0.15, 0.2) is 0 Å². The first-order valence-corrected chi connectivity index (χ1v) is 17.6. The van der Waals surface area contributed by atoms with Crippen LogP contribution < -0.4 is 0 Å². The SMILES string of the molecule is C[CH]=[Zr]([Cl])[Br].c1ccc2[cH-]ccc2c1.c1ccc2[cH-]ccc2c1. The first kappa shape index (κ1) is 18.5. The summed E-state index contributed by atoms with van der Waals surface area (Å²) in [6.07, 6.45) is 0. The van der Waals surface area contributed by atoms with Crippen LogP contribution in [0.25, 0.3) is 21.5 Å². The van der Waals surface area contributed by atoms with Crippen molar-refractivity contribution in [3.05, 3.63) is 84.9 Å². The minimum Gasteiger partial charge on any atom is -0.168 e. The largest absolute Gasteiger partial charge is 0.168 e. The second-order valence-electron chi connectivity index (χ2n) is 4.89. The van der Waals surface area contributed by atoms with Gasteiger partial charge in [0.25, 0.3) is 0 Å². The third-order valence-corrected chi connectivity index (χ3v) is 8.39. The third kappa shape index (κ3) is 6.30. The fourth-order valence-corrected chi connectivity index (χ4v) is 2.14. The molecular weight excluding hydrogens is 447 g/mol. The van der Waals surface area contributed by atoms with Crippen LogP contribution in [0.1, 0.15) is 6.92 Å². The van der Waals surface area contributed by atoms with Crippen molar-refractivity contribution >= 4 is 46.0 Å². The van der Waals surface area contributed by atoms with Gasteiger partial charge in [0.2, 0.25) is 0 Å². The van der Waals surface area contributed by atoms with E-state index in [9.17, 15) is 0 Å². The summed E-state index contributed by atoms with van der Waals surface area (Å²) in [4.78, 5) is 0. The number of fused-ring (bicyclic) bond motifs is 2. The fourth-order valence-electron chi connectivity index (χ4n) is 2.14. The maximum Gasteiger partial charge on any atom is -0.0809 e. The molecule has 0 aliphatic carbocycles. The first-order chi connectivity index (χ1) is 11.2. The molecule has 0 N–H and O–H groups in total. The molecular formula is C20H18BrClZr-2. The van der Waals surface area contributed by atoms with E-state index in [1.807, 2.05) is 10.6 Å². The normalized spacial score (nSPS) is 10.7. The molecule has 0 fully saturated rings. The molecule has 0 saturated carbocycles. The first-order valence-electron chi connectivity index (χ1n) is 7.39. The van der Waals surface area contributed by atoms with Crippen molar-refractivity contribution < 1.29 is 17.7 Å². The van der Waals surface area contributed by atoms with Crippen molar-refractivity contribution in [1.82, 2.24) is 0 Å². The van der Waals surface area contributed by atoms with Gasteiger partial charge in [-0.15, -0.1) is 59.3 Å². The van der Waals surface area contributed by atoms with Gasteiger partial charge in [0.05, 0.1) is 0 Å². The standard InChI is InChI=1S/2C9H7.C2H4.BrH.ClH.Zr/c2*1-2-5-9-7-3-6-8(9)4-1;1-2;;;/h2*1-7H;1H,2H3;2*1H;/q2*-1;;;;+2/p-2.